The third-order valence-corrected chi connectivity index (χ3v) is 4.31. The third kappa shape index (κ3) is 2.75. The van der Waals surface area contributed by atoms with E-state index in [1.54, 1.807) is 30.0 Å². The largest absolute Gasteiger partial charge is 0.507 e. The summed E-state index contributed by atoms with van der Waals surface area (Å²) in [4.78, 5) is 4.33. The summed E-state index contributed by atoms with van der Waals surface area (Å²) in [7, 11) is 1.56. The van der Waals surface area contributed by atoms with Crippen molar-refractivity contribution in [1.82, 2.24) is 4.98 Å². The van der Waals surface area contributed by atoms with Crippen molar-refractivity contribution in [1.29, 1.82) is 0 Å². The lowest BCUT2D eigenvalue weighted by Crippen LogP contribution is -2.01. The summed E-state index contributed by atoms with van der Waals surface area (Å²) in [6.07, 6.45) is 0. The molecule has 0 aliphatic rings. The van der Waals surface area contributed by atoms with Crippen LogP contribution in [0.2, 0.25) is 5.02 Å². The lowest BCUT2D eigenvalue weighted by molar-refractivity contribution is 0.406. The number of aromatic hydroxyl groups is 1. The van der Waals surface area contributed by atoms with E-state index in [1.165, 1.54) is 0 Å². The maximum Gasteiger partial charge on any atom is 0.124 e. The molecule has 0 unspecified atom stereocenters. The molecule has 0 radical (unpaired) electrons. The minimum Gasteiger partial charge on any atom is -0.507 e. The zero-order chi connectivity index (χ0) is 14.8. The Kier molecular flexibility index (Phi) is 3.86. The summed E-state index contributed by atoms with van der Waals surface area (Å²) in [5, 5.41) is 13.8. The smallest absolute Gasteiger partial charge is 0.124 e. The Labute approximate surface area is 131 Å². The van der Waals surface area contributed by atoms with Crippen molar-refractivity contribution in [3.05, 3.63) is 46.4 Å². The standard InChI is InChI=1S/C15H13ClN2O2S/c1-20-10-3-2-9(12(19)6-10)7-17-14-11(16)4-5-13-15(14)18-8-21-13/h2-6,8,17,19H,7H2,1H3. The maximum absolute atomic E-state index is 9.98. The summed E-state index contributed by atoms with van der Waals surface area (Å²) in [6, 6.07) is 9.00. The number of hydrogen-bond donors (Lipinski definition) is 2. The highest BCUT2D eigenvalue weighted by Gasteiger charge is 2.10. The first-order valence-electron chi connectivity index (χ1n) is 6.30. The van der Waals surface area contributed by atoms with E-state index < -0.39 is 0 Å². The van der Waals surface area contributed by atoms with Gasteiger partial charge in [0.05, 0.1) is 28.0 Å². The van der Waals surface area contributed by atoms with Crippen molar-refractivity contribution in [2.45, 2.75) is 6.54 Å². The van der Waals surface area contributed by atoms with Crippen molar-refractivity contribution >= 4 is 38.8 Å². The molecular weight excluding hydrogens is 308 g/mol. The minimum absolute atomic E-state index is 0.184. The number of ether oxygens (including phenoxy) is 1. The van der Waals surface area contributed by atoms with E-state index in [0.717, 1.165) is 21.5 Å². The molecule has 0 spiro atoms. The molecule has 0 saturated carbocycles. The second kappa shape index (κ2) is 5.79. The molecule has 0 atom stereocenters. The number of thiazole rings is 1. The Morgan fingerprint density at radius 2 is 2.19 bits per heavy atom. The van der Waals surface area contributed by atoms with Gasteiger partial charge in [-0.05, 0) is 24.3 Å². The molecule has 3 aromatic rings. The molecule has 21 heavy (non-hydrogen) atoms. The van der Waals surface area contributed by atoms with E-state index in [4.69, 9.17) is 16.3 Å². The summed E-state index contributed by atoms with van der Waals surface area (Å²) in [5.74, 6) is 0.805. The van der Waals surface area contributed by atoms with Crippen LogP contribution in [0.25, 0.3) is 10.2 Å². The Hall–Kier alpha value is -1.98. The molecule has 2 N–H and O–H groups in total. The summed E-state index contributed by atoms with van der Waals surface area (Å²) >= 11 is 7.80. The van der Waals surface area contributed by atoms with Crippen LogP contribution in [0, 0.1) is 0 Å². The van der Waals surface area contributed by atoms with E-state index in [1.807, 2.05) is 24.3 Å². The first kappa shape index (κ1) is 14.0. The minimum atomic E-state index is 0.184. The maximum atomic E-state index is 9.98. The van der Waals surface area contributed by atoms with Crippen LogP contribution < -0.4 is 10.1 Å². The highest BCUT2D eigenvalue weighted by atomic mass is 35.5. The molecule has 108 valence electrons. The molecule has 6 heteroatoms. The summed E-state index contributed by atoms with van der Waals surface area (Å²) < 4.78 is 6.14. The van der Waals surface area contributed by atoms with Gasteiger partial charge in [0.1, 0.15) is 17.0 Å². The van der Waals surface area contributed by atoms with E-state index in [9.17, 15) is 5.11 Å². The molecule has 4 nitrogen and oxygen atoms in total. The molecule has 0 amide bonds. The number of hydrogen-bond acceptors (Lipinski definition) is 5. The van der Waals surface area contributed by atoms with Crippen LogP contribution in [-0.4, -0.2) is 17.2 Å². The normalized spacial score (nSPS) is 10.8. The molecule has 1 heterocycles. The number of phenols is 1. The topological polar surface area (TPSA) is 54.4 Å². The number of benzene rings is 2. The van der Waals surface area contributed by atoms with Crippen molar-refractivity contribution in [2.24, 2.45) is 0 Å². The van der Waals surface area contributed by atoms with Gasteiger partial charge >= 0.3 is 0 Å². The van der Waals surface area contributed by atoms with Crippen LogP contribution in [0.5, 0.6) is 11.5 Å². The van der Waals surface area contributed by atoms with Gasteiger partial charge < -0.3 is 15.2 Å². The van der Waals surface area contributed by atoms with Gasteiger partial charge in [-0.15, -0.1) is 11.3 Å². The number of halogens is 1. The van der Waals surface area contributed by atoms with Crippen molar-refractivity contribution in [2.75, 3.05) is 12.4 Å². The molecular formula is C15H13ClN2O2S. The van der Waals surface area contributed by atoms with Gasteiger partial charge in [-0.25, -0.2) is 4.98 Å². The predicted molar refractivity (Wildman–Crippen MR) is 86.6 cm³/mol. The zero-order valence-corrected chi connectivity index (χ0v) is 12.8. The van der Waals surface area contributed by atoms with Crippen molar-refractivity contribution < 1.29 is 9.84 Å². The predicted octanol–water partition coefficient (Wildman–Crippen LogP) is 4.28. The molecule has 3 rings (SSSR count). The fraction of sp³-hybridized carbons (Fsp3) is 0.133. The average Bonchev–Trinajstić information content (AvgIpc) is 2.96. The van der Waals surface area contributed by atoms with Crippen LogP contribution in [0.15, 0.2) is 35.8 Å². The van der Waals surface area contributed by atoms with Crippen molar-refractivity contribution in [3.63, 3.8) is 0 Å². The van der Waals surface area contributed by atoms with Gasteiger partial charge in [-0.1, -0.05) is 11.6 Å². The van der Waals surface area contributed by atoms with Gasteiger partial charge in [-0.2, -0.15) is 0 Å². The van der Waals surface area contributed by atoms with Gasteiger partial charge in [0.25, 0.3) is 0 Å². The number of nitrogens with zero attached hydrogens (tertiary/aromatic N) is 1. The first-order valence-corrected chi connectivity index (χ1v) is 7.56. The van der Waals surface area contributed by atoms with Crippen LogP contribution in [0.3, 0.4) is 0 Å². The molecule has 2 aromatic carbocycles. The highest BCUT2D eigenvalue weighted by Crippen LogP contribution is 2.33. The molecule has 0 bridgehead atoms. The molecule has 0 saturated heterocycles. The van der Waals surface area contributed by atoms with E-state index >= 15 is 0 Å². The second-order valence-electron chi connectivity index (χ2n) is 4.47. The quantitative estimate of drug-likeness (QED) is 0.753. The van der Waals surface area contributed by atoms with Crippen molar-refractivity contribution in [3.8, 4) is 11.5 Å². The average molecular weight is 321 g/mol. The molecule has 1 aromatic heterocycles. The first-order chi connectivity index (χ1) is 10.2. The van der Waals surface area contributed by atoms with Gasteiger partial charge in [0.15, 0.2) is 0 Å². The summed E-state index contributed by atoms with van der Waals surface area (Å²) in [6.45, 7) is 0.451. The number of fused-ring (bicyclic) bond motifs is 1. The zero-order valence-electron chi connectivity index (χ0n) is 11.3. The fourth-order valence-electron chi connectivity index (χ4n) is 2.08. The molecule has 0 fully saturated rings. The number of nitrogens with one attached hydrogen (secondary N) is 1. The van der Waals surface area contributed by atoms with Crippen LogP contribution in [0.1, 0.15) is 5.56 Å². The van der Waals surface area contributed by atoms with E-state index in [0.29, 0.717) is 17.3 Å². The number of rotatable bonds is 4. The Morgan fingerprint density at radius 3 is 2.95 bits per heavy atom. The Bertz CT molecular complexity index is 788. The van der Waals surface area contributed by atoms with Gasteiger partial charge in [0.2, 0.25) is 0 Å². The number of methoxy groups -OCH3 is 1. The van der Waals surface area contributed by atoms with E-state index in [2.05, 4.69) is 10.3 Å². The van der Waals surface area contributed by atoms with Crippen LogP contribution in [-0.2, 0) is 6.54 Å². The van der Waals surface area contributed by atoms with Gasteiger partial charge in [0, 0.05) is 18.2 Å². The Morgan fingerprint density at radius 1 is 1.33 bits per heavy atom. The van der Waals surface area contributed by atoms with Crippen LogP contribution >= 0.6 is 22.9 Å². The number of anilines is 1. The monoisotopic (exact) mass is 320 g/mol. The molecule has 0 aliphatic heterocycles. The van der Waals surface area contributed by atoms with Crippen LogP contribution in [0.4, 0.5) is 5.69 Å². The summed E-state index contributed by atoms with van der Waals surface area (Å²) in [5.41, 5.74) is 4.18. The third-order valence-electron chi connectivity index (χ3n) is 3.20. The Balaban J connectivity index is 1.86. The van der Waals surface area contributed by atoms with Gasteiger partial charge in [-0.3, -0.25) is 0 Å². The SMILES string of the molecule is COc1ccc(CNc2c(Cl)ccc3scnc23)c(O)c1. The second-order valence-corrected chi connectivity index (χ2v) is 5.76. The number of aromatic nitrogens is 1. The molecule has 0 aliphatic carbocycles. The number of phenolic OH excluding ortho intramolecular Hbond substituents is 1. The fourth-order valence-corrected chi connectivity index (χ4v) is 2.98. The lowest BCUT2D eigenvalue weighted by atomic mass is 10.2. The lowest BCUT2D eigenvalue weighted by Gasteiger charge is -2.11. The highest BCUT2D eigenvalue weighted by molar-refractivity contribution is 7.16. The van der Waals surface area contributed by atoms with E-state index in [-0.39, 0.29) is 5.75 Å².